The lowest BCUT2D eigenvalue weighted by molar-refractivity contribution is 0.672. The zero-order valence-electron chi connectivity index (χ0n) is 10.5. The molecule has 0 fully saturated rings. The second-order valence-electron chi connectivity index (χ2n) is 4.14. The number of nitrogens with zero attached hydrogens (tertiary/aromatic N) is 4. The number of rotatable bonds is 3. The van der Waals surface area contributed by atoms with E-state index in [0.29, 0.717) is 24.1 Å². The van der Waals surface area contributed by atoms with Gasteiger partial charge >= 0.3 is 0 Å². The van der Waals surface area contributed by atoms with Crippen molar-refractivity contribution in [2.24, 2.45) is 0 Å². The number of anilines is 1. The summed E-state index contributed by atoms with van der Waals surface area (Å²) in [5.74, 6) is 0.175. The number of H-pyrrole nitrogens is 1. The molecule has 0 aromatic carbocycles. The molecule has 0 spiro atoms. The van der Waals surface area contributed by atoms with E-state index in [1.807, 2.05) is 12.1 Å². The molecule has 3 heterocycles. The van der Waals surface area contributed by atoms with Gasteiger partial charge in [0, 0.05) is 18.9 Å². The molecule has 0 unspecified atom stereocenters. The van der Waals surface area contributed by atoms with Crippen molar-refractivity contribution in [3.63, 3.8) is 0 Å². The van der Waals surface area contributed by atoms with Crippen LogP contribution >= 0.6 is 12.4 Å². The lowest BCUT2D eigenvalue weighted by Crippen LogP contribution is -2.25. The van der Waals surface area contributed by atoms with Gasteiger partial charge < -0.3 is 10.7 Å². The van der Waals surface area contributed by atoms with Crippen molar-refractivity contribution in [1.29, 1.82) is 0 Å². The molecule has 3 aromatic heterocycles. The van der Waals surface area contributed by atoms with Gasteiger partial charge in [0.05, 0.1) is 6.33 Å². The molecule has 0 amide bonds. The number of aromatic nitrogens is 5. The van der Waals surface area contributed by atoms with Crippen LogP contribution in [0.2, 0.25) is 0 Å². The van der Waals surface area contributed by atoms with E-state index in [1.165, 1.54) is 10.9 Å². The molecular weight excluding hydrogens is 280 g/mol. The normalized spacial score (nSPS) is 10.4. The Morgan fingerprint density at radius 3 is 3.00 bits per heavy atom. The van der Waals surface area contributed by atoms with Gasteiger partial charge in [-0.1, -0.05) is 6.07 Å². The first-order chi connectivity index (χ1) is 9.25. The van der Waals surface area contributed by atoms with Gasteiger partial charge in [0.25, 0.3) is 5.56 Å². The van der Waals surface area contributed by atoms with Crippen LogP contribution in [-0.2, 0) is 13.0 Å². The Morgan fingerprint density at radius 1 is 1.40 bits per heavy atom. The van der Waals surface area contributed by atoms with Crippen molar-refractivity contribution >= 4 is 29.5 Å². The highest BCUT2D eigenvalue weighted by Crippen LogP contribution is 2.06. The largest absolute Gasteiger partial charge is 0.369 e. The topological polar surface area (TPSA) is 102 Å². The standard InChI is InChI=1S/C12H12N6O.ClH/c13-12-17-10-9(15-7-16-10)11(19)18(12)5-3-8-2-1-4-14-6-8;/h1-2,4,6-7H,3,5H2,(H2,13,17)(H,15,16);1H. The monoisotopic (exact) mass is 292 g/mol. The lowest BCUT2D eigenvalue weighted by atomic mass is 10.2. The van der Waals surface area contributed by atoms with Crippen LogP contribution in [0.15, 0.2) is 35.6 Å². The molecule has 0 saturated carbocycles. The van der Waals surface area contributed by atoms with Gasteiger partial charge in [-0.05, 0) is 18.1 Å². The molecule has 0 aliphatic carbocycles. The van der Waals surface area contributed by atoms with E-state index in [1.54, 1.807) is 12.4 Å². The van der Waals surface area contributed by atoms with E-state index in [2.05, 4.69) is 19.9 Å². The molecule has 3 aromatic rings. The number of aryl methyl sites for hydroxylation is 1. The Hall–Kier alpha value is -2.41. The van der Waals surface area contributed by atoms with Crippen LogP contribution in [0.4, 0.5) is 5.95 Å². The Labute approximate surface area is 120 Å². The maximum atomic E-state index is 12.2. The van der Waals surface area contributed by atoms with Crippen molar-refractivity contribution in [3.8, 4) is 0 Å². The maximum absolute atomic E-state index is 12.2. The minimum Gasteiger partial charge on any atom is -0.369 e. The number of nitrogen functional groups attached to an aromatic ring is 1. The van der Waals surface area contributed by atoms with E-state index in [4.69, 9.17) is 5.73 Å². The van der Waals surface area contributed by atoms with Gasteiger partial charge in [0.15, 0.2) is 11.2 Å². The number of halogens is 1. The number of imidazole rings is 1. The van der Waals surface area contributed by atoms with Gasteiger partial charge in [0.2, 0.25) is 5.95 Å². The molecule has 0 radical (unpaired) electrons. The molecule has 0 saturated heterocycles. The zero-order valence-corrected chi connectivity index (χ0v) is 11.3. The van der Waals surface area contributed by atoms with Gasteiger partial charge in [-0.15, -0.1) is 12.4 Å². The summed E-state index contributed by atoms with van der Waals surface area (Å²) in [5, 5.41) is 0. The second kappa shape index (κ2) is 5.70. The van der Waals surface area contributed by atoms with Gasteiger partial charge in [0.1, 0.15) is 0 Å². The molecule has 3 N–H and O–H groups in total. The number of nitrogens with one attached hydrogen (secondary N) is 1. The summed E-state index contributed by atoms with van der Waals surface area (Å²) in [6.45, 7) is 0.457. The predicted octanol–water partition coefficient (Wildman–Crippen LogP) is 0.761. The summed E-state index contributed by atoms with van der Waals surface area (Å²) < 4.78 is 1.44. The van der Waals surface area contributed by atoms with Crippen LogP contribution in [0, 0.1) is 0 Å². The van der Waals surface area contributed by atoms with Crippen molar-refractivity contribution in [1.82, 2.24) is 24.5 Å². The average Bonchev–Trinajstić information content (AvgIpc) is 2.88. The highest BCUT2D eigenvalue weighted by molar-refractivity contribution is 5.85. The molecule has 0 atom stereocenters. The van der Waals surface area contributed by atoms with Gasteiger partial charge in [-0.3, -0.25) is 14.3 Å². The summed E-state index contributed by atoms with van der Waals surface area (Å²) in [6.07, 6.45) is 5.58. The minimum atomic E-state index is -0.205. The molecule has 0 aliphatic heterocycles. The average molecular weight is 293 g/mol. The third-order valence-electron chi connectivity index (χ3n) is 2.92. The number of nitrogens with two attached hydrogens (primary N) is 1. The number of hydrogen-bond donors (Lipinski definition) is 2. The Morgan fingerprint density at radius 2 is 2.25 bits per heavy atom. The first-order valence-electron chi connectivity index (χ1n) is 5.84. The number of fused-ring (bicyclic) bond motifs is 1. The molecular formula is C12H13ClN6O. The number of aromatic amines is 1. The lowest BCUT2D eigenvalue weighted by Gasteiger charge is -2.08. The number of hydrogen-bond acceptors (Lipinski definition) is 5. The fourth-order valence-electron chi connectivity index (χ4n) is 1.94. The summed E-state index contributed by atoms with van der Waals surface area (Å²) >= 11 is 0. The van der Waals surface area contributed by atoms with Gasteiger partial charge in [-0.25, -0.2) is 4.98 Å². The van der Waals surface area contributed by atoms with Crippen LogP contribution < -0.4 is 11.3 Å². The molecule has 3 rings (SSSR count). The summed E-state index contributed by atoms with van der Waals surface area (Å²) in [5.41, 5.74) is 7.35. The van der Waals surface area contributed by atoms with Crippen LogP contribution in [0.25, 0.3) is 11.2 Å². The summed E-state index contributed by atoms with van der Waals surface area (Å²) in [4.78, 5) is 27.0. The van der Waals surface area contributed by atoms with E-state index in [-0.39, 0.29) is 23.9 Å². The minimum absolute atomic E-state index is 0. The third kappa shape index (κ3) is 2.48. The first-order valence-corrected chi connectivity index (χ1v) is 5.84. The summed E-state index contributed by atoms with van der Waals surface area (Å²) in [6, 6.07) is 3.81. The number of pyridine rings is 1. The highest BCUT2D eigenvalue weighted by Gasteiger charge is 2.10. The fourth-order valence-corrected chi connectivity index (χ4v) is 1.94. The van der Waals surface area contributed by atoms with E-state index in [9.17, 15) is 4.79 Å². The molecule has 8 heteroatoms. The zero-order chi connectivity index (χ0) is 13.2. The molecule has 7 nitrogen and oxygen atoms in total. The Kier molecular flexibility index (Phi) is 3.99. The van der Waals surface area contributed by atoms with Crippen molar-refractivity contribution in [2.45, 2.75) is 13.0 Å². The molecule has 20 heavy (non-hydrogen) atoms. The van der Waals surface area contributed by atoms with Crippen LogP contribution in [0.1, 0.15) is 5.56 Å². The van der Waals surface area contributed by atoms with E-state index < -0.39 is 0 Å². The molecule has 0 aliphatic rings. The van der Waals surface area contributed by atoms with E-state index >= 15 is 0 Å². The van der Waals surface area contributed by atoms with Crippen LogP contribution in [0.5, 0.6) is 0 Å². The maximum Gasteiger partial charge on any atom is 0.280 e. The first kappa shape index (κ1) is 14.0. The molecule has 104 valence electrons. The predicted molar refractivity (Wildman–Crippen MR) is 77.8 cm³/mol. The quantitative estimate of drug-likeness (QED) is 0.742. The van der Waals surface area contributed by atoms with Gasteiger partial charge in [-0.2, -0.15) is 4.98 Å². The van der Waals surface area contributed by atoms with E-state index in [0.717, 1.165) is 5.56 Å². The highest BCUT2D eigenvalue weighted by atomic mass is 35.5. The second-order valence-corrected chi connectivity index (χ2v) is 4.14. The molecule has 0 bridgehead atoms. The third-order valence-corrected chi connectivity index (χ3v) is 2.92. The van der Waals surface area contributed by atoms with Crippen molar-refractivity contribution < 1.29 is 0 Å². The Bertz CT molecular complexity index is 766. The van der Waals surface area contributed by atoms with Crippen molar-refractivity contribution in [2.75, 3.05) is 5.73 Å². The smallest absolute Gasteiger partial charge is 0.280 e. The summed E-state index contributed by atoms with van der Waals surface area (Å²) in [7, 11) is 0. The van der Waals surface area contributed by atoms with Crippen molar-refractivity contribution in [3.05, 3.63) is 46.8 Å². The van der Waals surface area contributed by atoms with Crippen LogP contribution in [-0.4, -0.2) is 24.5 Å². The Balaban J connectivity index is 0.00000147. The SMILES string of the molecule is Cl.Nc1nc2nc[nH]c2c(=O)n1CCc1cccnc1. The fraction of sp³-hybridized carbons (Fsp3) is 0.167. The van der Waals surface area contributed by atoms with Crippen LogP contribution in [0.3, 0.4) is 0 Å².